The molecule has 4 heterocycles. The smallest absolute Gasteiger partial charge is 0.131 e. The Bertz CT molecular complexity index is 429. The Balaban J connectivity index is 1.74. The van der Waals surface area contributed by atoms with Crippen molar-refractivity contribution in [3.05, 3.63) is 16.5 Å². The Kier molecular flexibility index (Phi) is 3.52. The molecule has 5 heteroatoms. The zero-order chi connectivity index (χ0) is 12.5. The lowest BCUT2D eigenvalue weighted by Crippen LogP contribution is -2.53. The van der Waals surface area contributed by atoms with E-state index in [9.17, 15) is 0 Å². The second-order valence-corrected chi connectivity index (χ2v) is 6.05. The molecule has 3 fully saturated rings. The molecule has 0 saturated carbocycles. The number of hydrogen-bond acceptors (Lipinski definition) is 4. The summed E-state index contributed by atoms with van der Waals surface area (Å²) in [6.45, 7) is 5.79. The second-order valence-electron chi connectivity index (χ2n) is 5.23. The van der Waals surface area contributed by atoms with Crippen molar-refractivity contribution in [3.8, 4) is 0 Å². The molecule has 1 aromatic rings. The van der Waals surface area contributed by atoms with Crippen LogP contribution in [0.4, 0.5) is 5.82 Å². The topological polar surface area (TPSA) is 41.1 Å². The van der Waals surface area contributed by atoms with Gasteiger partial charge in [-0.2, -0.15) is 0 Å². The molecular formula is C13H19BrN4. The van der Waals surface area contributed by atoms with Crippen LogP contribution in [0.25, 0.3) is 0 Å². The van der Waals surface area contributed by atoms with E-state index in [1.807, 2.05) is 6.07 Å². The van der Waals surface area contributed by atoms with Crippen LogP contribution in [0.15, 0.2) is 10.7 Å². The van der Waals surface area contributed by atoms with E-state index in [2.05, 4.69) is 43.0 Å². The maximum atomic E-state index is 4.56. The molecule has 0 aromatic carbocycles. The Morgan fingerprint density at radius 2 is 2.17 bits per heavy atom. The lowest BCUT2D eigenvalue weighted by Gasteiger charge is -2.45. The molecule has 3 saturated heterocycles. The van der Waals surface area contributed by atoms with Gasteiger partial charge in [-0.15, -0.1) is 0 Å². The minimum Gasteiger partial charge on any atom is -0.366 e. The summed E-state index contributed by atoms with van der Waals surface area (Å²) in [4.78, 5) is 11.5. The van der Waals surface area contributed by atoms with Crippen molar-refractivity contribution in [2.75, 3.05) is 25.0 Å². The van der Waals surface area contributed by atoms with Crippen LogP contribution < -0.4 is 5.32 Å². The lowest BCUT2D eigenvalue weighted by molar-refractivity contribution is 0.0973. The molecule has 4 rings (SSSR count). The van der Waals surface area contributed by atoms with Crippen molar-refractivity contribution in [1.29, 1.82) is 0 Å². The summed E-state index contributed by atoms with van der Waals surface area (Å²) in [6.07, 6.45) is 3.52. The van der Waals surface area contributed by atoms with Crippen molar-refractivity contribution in [2.24, 2.45) is 5.92 Å². The highest BCUT2D eigenvalue weighted by Gasteiger charge is 2.34. The predicted molar refractivity (Wildman–Crippen MR) is 75.7 cm³/mol. The number of fused-ring (bicyclic) bond motifs is 3. The molecule has 0 radical (unpaired) electrons. The van der Waals surface area contributed by atoms with E-state index in [-0.39, 0.29) is 0 Å². The van der Waals surface area contributed by atoms with Crippen LogP contribution >= 0.6 is 15.9 Å². The van der Waals surface area contributed by atoms with Gasteiger partial charge in [-0.1, -0.05) is 6.92 Å². The fourth-order valence-electron chi connectivity index (χ4n) is 3.02. The molecule has 1 atom stereocenters. The van der Waals surface area contributed by atoms with Crippen molar-refractivity contribution >= 4 is 21.7 Å². The number of nitrogens with zero attached hydrogens (tertiary/aromatic N) is 3. The van der Waals surface area contributed by atoms with E-state index in [4.69, 9.17) is 0 Å². The number of halogens is 1. The van der Waals surface area contributed by atoms with Crippen LogP contribution in [0.3, 0.4) is 0 Å². The highest BCUT2D eigenvalue weighted by molar-refractivity contribution is 9.10. The van der Waals surface area contributed by atoms with Crippen molar-refractivity contribution in [1.82, 2.24) is 14.9 Å². The minimum absolute atomic E-state index is 0.555. The zero-order valence-corrected chi connectivity index (χ0v) is 12.3. The summed E-state index contributed by atoms with van der Waals surface area (Å²) >= 11 is 3.46. The molecule has 0 amide bonds. The first-order valence-electron chi connectivity index (χ1n) is 6.77. The normalized spacial score (nSPS) is 30.4. The van der Waals surface area contributed by atoms with Crippen molar-refractivity contribution < 1.29 is 0 Å². The van der Waals surface area contributed by atoms with Crippen LogP contribution in [0.2, 0.25) is 0 Å². The predicted octanol–water partition coefficient (Wildman–Crippen LogP) is 2.31. The number of aromatic nitrogens is 2. The Hall–Kier alpha value is -0.680. The van der Waals surface area contributed by atoms with Gasteiger partial charge < -0.3 is 10.2 Å². The quantitative estimate of drug-likeness (QED) is 0.870. The summed E-state index contributed by atoms with van der Waals surface area (Å²) in [5.41, 5.74) is 0. The van der Waals surface area contributed by atoms with Gasteiger partial charge in [-0.3, -0.25) is 0 Å². The van der Waals surface area contributed by atoms with Crippen LogP contribution in [0, 0.1) is 5.92 Å². The highest BCUT2D eigenvalue weighted by Crippen LogP contribution is 2.29. The first-order valence-corrected chi connectivity index (χ1v) is 7.56. The van der Waals surface area contributed by atoms with E-state index in [1.54, 1.807) is 0 Å². The minimum atomic E-state index is 0.555. The fourth-order valence-corrected chi connectivity index (χ4v) is 3.44. The largest absolute Gasteiger partial charge is 0.366 e. The molecule has 3 aliphatic heterocycles. The first kappa shape index (κ1) is 12.4. The average Bonchev–Trinajstić information content (AvgIpc) is 2.39. The van der Waals surface area contributed by atoms with E-state index >= 15 is 0 Å². The van der Waals surface area contributed by atoms with Gasteiger partial charge in [-0.05, 0) is 47.8 Å². The van der Waals surface area contributed by atoms with Gasteiger partial charge in [0.1, 0.15) is 16.2 Å². The maximum absolute atomic E-state index is 4.56. The summed E-state index contributed by atoms with van der Waals surface area (Å²) in [5, 5.41) is 3.61. The van der Waals surface area contributed by atoms with E-state index in [0.717, 1.165) is 35.1 Å². The summed E-state index contributed by atoms with van der Waals surface area (Å²) in [5.74, 6) is 2.68. The second kappa shape index (κ2) is 5.13. The van der Waals surface area contributed by atoms with Crippen LogP contribution in [-0.4, -0.2) is 40.5 Å². The number of rotatable bonds is 3. The van der Waals surface area contributed by atoms with Gasteiger partial charge in [-0.25, -0.2) is 9.97 Å². The Morgan fingerprint density at radius 1 is 1.39 bits per heavy atom. The third kappa shape index (κ3) is 2.52. The molecule has 18 heavy (non-hydrogen) atoms. The third-order valence-corrected chi connectivity index (χ3v) is 4.45. The van der Waals surface area contributed by atoms with Gasteiger partial charge in [0.15, 0.2) is 0 Å². The van der Waals surface area contributed by atoms with Gasteiger partial charge in [0.05, 0.1) is 0 Å². The summed E-state index contributed by atoms with van der Waals surface area (Å²) in [7, 11) is 0. The van der Waals surface area contributed by atoms with Crippen LogP contribution in [0.5, 0.6) is 0 Å². The highest BCUT2D eigenvalue weighted by atomic mass is 79.9. The molecule has 1 N–H and O–H groups in total. The summed E-state index contributed by atoms with van der Waals surface area (Å²) in [6, 6.07) is 2.54. The number of nitrogens with one attached hydrogen (secondary N) is 1. The van der Waals surface area contributed by atoms with Crippen molar-refractivity contribution in [3.63, 3.8) is 0 Å². The van der Waals surface area contributed by atoms with E-state index < -0.39 is 0 Å². The summed E-state index contributed by atoms with van der Waals surface area (Å²) < 4.78 is 0.873. The van der Waals surface area contributed by atoms with Gasteiger partial charge >= 0.3 is 0 Å². The fraction of sp³-hybridized carbons (Fsp3) is 0.692. The lowest BCUT2D eigenvalue weighted by atomic mass is 9.84. The molecular weight excluding hydrogens is 292 g/mol. The Labute approximate surface area is 116 Å². The standard InChI is InChI=1S/C13H19BrN4/c1-2-12-16-11(14)7-13(17-12)15-10-8-18-5-3-9(10)4-6-18/h7,9-10H,2-6,8H2,1H3,(H,15,16,17). The van der Waals surface area contributed by atoms with E-state index in [1.165, 1.54) is 25.9 Å². The SMILES string of the molecule is CCc1nc(Br)cc(NC2CN3CCC2CC3)n1. The van der Waals surface area contributed by atoms with Gasteiger partial charge in [0, 0.05) is 25.1 Å². The number of piperidine rings is 3. The van der Waals surface area contributed by atoms with E-state index in [0.29, 0.717) is 6.04 Å². The maximum Gasteiger partial charge on any atom is 0.131 e. The molecule has 0 aliphatic carbocycles. The Morgan fingerprint density at radius 3 is 2.78 bits per heavy atom. The third-order valence-electron chi connectivity index (χ3n) is 4.05. The van der Waals surface area contributed by atoms with Crippen LogP contribution in [-0.2, 0) is 6.42 Å². The van der Waals surface area contributed by atoms with Crippen LogP contribution in [0.1, 0.15) is 25.6 Å². The molecule has 0 spiro atoms. The number of aryl methyl sites for hydroxylation is 1. The molecule has 4 nitrogen and oxygen atoms in total. The molecule has 3 aliphatic rings. The van der Waals surface area contributed by atoms with Gasteiger partial charge in [0.25, 0.3) is 0 Å². The molecule has 1 aromatic heterocycles. The average molecular weight is 311 g/mol. The first-order chi connectivity index (χ1) is 8.74. The number of anilines is 1. The molecule has 1 unspecified atom stereocenters. The monoisotopic (exact) mass is 310 g/mol. The number of hydrogen-bond donors (Lipinski definition) is 1. The molecule has 2 bridgehead atoms. The molecule has 98 valence electrons. The van der Waals surface area contributed by atoms with Crippen molar-refractivity contribution in [2.45, 2.75) is 32.2 Å². The zero-order valence-electron chi connectivity index (χ0n) is 10.7. The van der Waals surface area contributed by atoms with Gasteiger partial charge in [0.2, 0.25) is 0 Å².